The average molecular weight is 296 g/mol. The lowest BCUT2D eigenvalue weighted by Crippen LogP contribution is -2.21. The lowest BCUT2D eigenvalue weighted by Gasteiger charge is -2.05. The third-order valence-electron chi connectivity index (χ3n) is 2.38. The van der Waals surface area contributed by atoms with Crippen molar-refractivity contribution in [2.75, 3.05) is 11.9 Å². The Kier molecular flexibility index (Phi) is 4.27. The molecule has 0 saturated heterocycles. The lowest BCUT2D eigenvalue weighted by atomic mass is 10.2. The molecule has 8 heteroatoms. The second-order valence-electron chi connectivity index (χ2n) is 4.07. The number of aryl methyl sites for hydroxylation is 1. The first-order valence-electron chi connectivity index (χ1n) is 5.81. The predicted molar refractivity (Wildman–Crippen MR) is 66.5 cm³/mol. The summed E-state index contributed by atoms with van der Waals surface area (Å²) in [5, 5.41) is 5.82. The van der Waals surface area contributed by atoms with Crippen LogP contribution in [0.15, 0.2) is 28.8 Å². The third kappa shape index (κ3) is 3.85. The molecule has 21 heavy (non-hydrogen) atoms. The number of aromatic nitrogens is 1. The smallest absolute Gasteiger partial charge is 0.341 e. The van der Waals surface area contributed by atoms with Crippen molar-refractivity contribution in [3.8, 4) is 0 Å². The van der Waals surface area contributed by atoms with Gasteiger partial charge in [-0.2, -0.15) is 0 Å². The van der Waals surface area contributed by atoms with Crippen LogP contribution in [0.3, 0.4) is 0 Å². The number of hydrogen-bond donors (Lipinski definition) is 1. The normalized spacial score (nSPS) is 10.2. The van der Waals surface area contributed by atoms with Gasteiger partial charge in [0.25, 0.3) is 5.91 Å². The first kappa shape index (κ1) is 14.6. The van der Waals surface area contributed by atoms with E-state index < -0.39 is 35.7 Å². The summed E-state index contributed by atoms with van der Waals surface area (Å²) in [7, 11) is 0. The number of rotatable bonds is 4. The monoisotopic (exact) mass is 296 g/mol. The molecule has 0 aliphatic heterocycles. The van der Waals surface area contributed by atoms with E-state index in [1.807, 2.05) is 0 Å². The van der Waals surface area contributed by atoms with Gasteiger partial charge in [-0.3, -0.25) is 4.79 Å². The fraction of sp³-hybridized carbons (Fsp3) is 0.154. The quantitative estimate of drug-likeness (QED) is 0.873. The van der Waals surface area contributed by atoms with Crippen molar-refractivity contribution in [2.45, 2.75) is 6.92 Å². The van der Waals surface area contributed by atoms with E-state index in [-0.39, 0.29) is 5.82 Å². The van der Waals surface area contributed by atoms with E-state index in [0.717, 1.165) is 12.1 Å². The van der Waals surface area contributed by atoms with E-state index >= 15 is 0 Å². The van der Waals surface area contributed by atoms with Crippen molar-refractivity contribution < 1.29 is 27.6 Å². The number of esters is 1. The predicted octanol–water partition coefficient (Wildman–Crippen LogP) is 2.06. The minimum atomic E-state index is -1.14. The summed E-state index contributed by atoms with van der Waals surface area (Å²) in [5.41, 5.74) is -0.583. The van der Waals surface area contributed by atoms with Gasteiger partial charge in [0, 0.05) is 6.07 Å². The second-order valence-corrected chi connectivity index (χ2v) is 4.07. The van der Waals surface area contributed by atoms with Gasteiger partial charge < -0.3 is 14.6 Å². The third-order valence-corrected chi connectivity index (χ3v) is 2.38. The van der Waals surface area contributed by atoms with Crippen molar-refractivity contribution in [3.05, 3.63) is 47.2 Å². The number of carbonyl (C=O) groups excluding carboxylic acids is 2. The molecule has 0 bridgehead atoms. The van der Waals surface area contributed by atoms with Gasteiger partial charge in [0.1, 0.15) is 17.4 Å². The molecule has 1 N–H and O–H groups in total. The van der Waals surface area contributed by atoms with Crippen LogP contribution >= 0.6 is 0 Å². The number of nitrogens with zero attached hydrogens (tertiary/aromatic N) is 1. The molecule has 0 spiro atoms. The Balaban J connectivity index is 1.91. The molecule has 110 valence electrons. The fourth-order valence-electron chi connectivity index (χ4n) is 1.47. The first-order chi connectivity index (χ1) is 9.95. The number of ether oxygens (including phenoxy) is 1. The zero-order valence-electron chi connectivity index (χ0n) is 10.9. The van der Waals surface area contributed by atoms with Crippen LogP contribution in [0.25, 0.3) is 0 Å². The van der Waals surface area contributed by atoms with Crippen molar-refractivity contribution in [2.24, 2.45) is 0 Å². The number of amides is 1. The summed E-state index contributed by atoms with van der Waals surface area (Å²) in [6.07, 6.45) is 0. The topological polar surface area (TPSA) is 81.4 Å². The van der Waals surface area contributed by atoms with Crippen LogP contribution < -0.4 is 5.32 Å². The summed E-state index contributed by atoms with van der Waals surface area (Å²) in [6, 6.07) is 3.82. The molecular formula is C13H10F2N2O4. The van der Waals surface area contributed by atoms with Crippen LogP contribution in [0.4, 0.5) is 14.6 Å². The molecule has 2 aromatic rings. The van der Waals surface area contributed by atoms with E-state index in [0.29, 0.717) is 11.8 Å². The Morgan fingerprint density at radius 3 is 2.76 bits per heavy atom. The van der Waals surface area contributed by atoms with Crippen molar-refractivity contribution in [3.63, 3.8) is 0 Å². The standard InChI is InChI=1S/C13H10F2N2O4/c1-7-4-11(17-21-7)16-12(18)6-20-13(19)9-5-8(14)2-3-10(9)15/h2-5H,6H2,1H3,(H,16,17,18). The van der Waals surface area contributed by atoms with E-state index in [4.69, 9.17) is 4.52 Å². The minimum Gasteiger partial charge on any atom is -0.452 e. The molecule has 0 fully saturated rings. The minimum absolute atomic E-state index is 0.158. The highest BCUT2D eigenvalue weighted by molar-refractivity contribution is 5.95. The SMILES string of the molecule is Cc1cc(NC(=O)COC(=O)c2cc(F)ccc2F)no1. The second kappa shape index (κ2) is 6.12. The van der Waals surface area contributed by atoms with Gasteiger partial charge in [-0.05, 0) is 25.1 Å². The largest absolute Gasteiger partial charge is 0.452 e. The fourth-order valence-corrected chi connectivity index (χ4v) is 1.47. The summed E-state index contributed by atoms with van der Waals surface area (Å²) in [5.74, 6) is -2.90. The number of anilines is 1. The maximum absolute atomic E-state index is 13.3. The Labute approximate surface area is 117 Å². The zero-order chi connectivity index (χ0) is 15.4. The Morgan fingerprint density at radius 2 is 2.10 bits per heavy atom. The Hall–Kier alpha value is -2.77. The maximum Gasteiger partial charge on any atom is 0.341 e. The lowest BCUT2D eigenvalue weighted by molar-refractivity contribution is -0.119. The van der Waals surface area contributed by atoms with Crippen molar-refractivity contribution in [1.82, 2.24) is 5.16 Å². The Morgan fingerprint density at radius 1 is 1.33 bits per heavy atom. The Bertz CT molecular complexity index is 685. The first-order valence-corrected chi connectivity index (χ1v) is 5.81. The molecule has 1 amide bonds. The molecule has 2 rings (SSSR count). The van der Waals surface area contributed by atoms with Gasteiger partial charge >= 0.3 is 5.97 Å². The van der Waals surface area contributed by atoms with Gasteiger partial charge in [0.05, 0.1) is 5.56 Å². The van der Waals surface area contributed by atoms with Gasteiger partial charge in [0.15, 0.2) is 12.4 Å². The number of halogens is 2. The van der Waals surface area contributed by atoms with E-state index in [2.05, 4.69) is 15.2 Å². The van der Waals surface area contributed by atoms with Crippen LogP contribution in [0, 0.1) is 18.6 Å². The molecule has 0 unspecified atom stereocenters. The zero-order valence-corrected chi connectivity index (χ0v) is 10.9. The summed E-state index contributed by atoms with van der Waals surface area (Å²) in [6.45, 7) is 0.968. The van der Waals surface area contributed by atoms with Crippen LogP contribution in [-0.4, -0.2) is 23.6 Å². The highest BCUT2D eigenvalue weighted by Crippen LogP contribution is 2.11. The highest BCUT2D eigenvalue weighted by atomic mass is 19.1. The van der Waals surface area contributed by atoms with Crippen molar-refractivity contribution >= 4 is 17.7 Å². The number of nitrogens with one attached hydrogen (secondary N) is 1. The van der Waals surface area contributed by atoms with Gasteiger partial charge in [-0.25, -0.2) is 13.6 Å². The molecule has 1 aromatic heterocycles. The molecule has 0 aliphatic carbocycles. The van der Waals surface area contributed by atoms with Crippen LogP contribution in [0.5, 0.6) is 0 Å². The van der Waals surface area contributed by atoms with Gasteiger partial charge in [-0.15, -0.1) is 0 Å². The summed E-state index contributed by atoms with van der Waals surface area (Å²) >= 11 is 0. The summed E-state index contributed by atoms with van der Waals surface area (Å²) in [4.78, 5) is 23.0. The van der Waals surface area contributed by atoms with E-state index in [1.54, 1.807) is 6.92 Å². The number of hydrogen-bond acceptors (Lipinski definition) is 5. The molecule has 0 saturated carbocycles. The van der Waals surface area contributed by atoms with Crippen LogP contribution in [-0.2, 0) is 9.53 Å². The van der Waals surface area contributed by atoms with Gasteiger partial charge in [0.2, 0.25) is 0 Å². The molecule has 0 radical (unpaired) electrons. The highest BCUT2D eigenvalue weighted by Gasteiger charge is 2.16. The summed E-state index contributed by atoms with van der Waals surface area (Å²) < 4.78 is 35.5. The number of benzene rings is 1. The molecule has 1 aromatic carbocycles. The van der Waals surface area contributed by atoms with Crippen LogP contribution in [0.1, 0.15) is 16.1 Å². The van der Waals surface area contributed by atoms with E-state index in [9.17, 15) is 18.4 Å². The molecule has 0 aliphatic rings. The maximum atomic E-state index is 13.3. The van der Waals surface area contributed by atoms with Gasteiger partial charge in [-0.1, -0.05) is 5.16 Å². The molecular weight excluding hydrogens is 286 g/mol. The number of carbonyl (C=O) groups is 2. The van der Waals surface area contributed by atoms with E-state index in [1.165, 1.54) is 6.07 Å². The molecule has 6 nitrogen and oxygen atoms in total. The molecule has 0 atom stereocenters. The average Bonchev–Trinajstić information content (AvgIpc) is 2.84. The van der Waals surface area contributed by atoms with Crippen LogP contribution in [0.2, 0.25) is 0 Å². The molecule has 1 heterocycles. The van der Waals surface area contributed by atoms with Crippen molar-refractivity contribution in [1.29, 1.82) is 0 Å².